The van der Waals surface area contributed by atoms with E-state index in [0.29, 0.717) is 25.7 Å². The summed E-state index contributed by atoms with van der Waals surface area (Å²) in [4.78, 5) is 22.5. The predicted octanol–water partition coefficient (Wildman–Crippen LogP) is 2.77. The van der Waals surface area contributed by atoms with Crippen molar-refractivity contribution in [1.29, 1.82) is 0 Å². The molecule has 8 heteroatoms. The zero-order chi connectivity index (χ0) is 21.1. The largest absolute Gasteiger partial charge is 0.494 e. The molecule has 0 radical (unpaired) electrons. The second-order valence-corrected chi connectivity index (χ2v) is 6.71. The van der Waals surface area contributed by atoms with Gasteiger partial charge >= 0.3 is 0 Å². The molecule has 0 aliphatic carbocycles. The SMILES string of the molecule is CCOc1cc(C)ccc1CNC(=NC)NCC(=O)N(C)CCc1ccccn1.I. The van der Waals surface area contributed by atoms with E-state index in [4.69, 9.17) is 4.74 Å². The van der Waals surface area contributed by atoms with Gasteiger partial charge in [0, 0.05) is 51.1 Å². The van der Waals surface area contributed by atoms with Crippen LogP contribution in [-0.2, 0) is 17.8 Å². The zero-order valence-corrected chi connectivity index (χ0v) is 20.5. The van der Waals surface area contributed by atoms with E-state index in [1.54, 1.807) is 25.2 Å². The van der Waals surface area contributed by atoms with Crippen molar-refractivity contribution in [3.8, 4) is 5.75 Å². The van der Waals surface area contributed by atoms with E-state index in [0.717, 1.165) is 29.0 Å². The van der Waals surface area contributed by atoms with Crippen molar-refractivity contribution < 1.29 is 9.53 Å². The van der Waals surface area contributed by atoms with Crippen LogP contribution < -0.4 is 15.4 Å². The summed E-state index contributed by atoms with van der Waals surface area (Å²) in [6.07, 6.45) is 2.49. The van der Waals surface area contributed by atoms with Gasteiger partial charge < -0.3 is 20.3 Å². The van der Waals surface area contributed by atoms with Crippen molar-refractivity contribution in [2.45, 2.75) is 26.8 Å². The topological polar surface area (TPSA) is 78.8 Å². The number of rotatable bonds is 9. The maximum atomic E-state index is 12.4. The molecule has 1 aromatic carbocycles. The molecular weight excluding hydrogens is 493 g/mol. The Hall–Kier alpha value is -2.36. The fourth-order valence-corrected chi connectivity index (χ4v) is 2.74. The number of nitrogens with one attached hydrogen (secondary N) is 2. The number of nitrogens with zero attached hydrogens (tertiary/aromatic N) is 3. The van der Waals surface area contributed by atoms with Gasteiger partial charge in [-0.25, -0.2) is 0 Å². The number of likely N-dealkylation sites (N-methyl/N-ethyl adjacent to an activating group) is 1. The van der Waals surface area contributed by atoms with Crippen molar-refractivity contribution in [1.82, 2.24) is 20.5 Å². The van der Waals surface area contributed by atoms with Crippen molar-refractivity contribution >= 4 is 35.8 Å². The summed E-state index contributed by atoms with van der Waals surface area (Å²) in [7, 11) is 3.48. The van der Waals surface area contributed by atoms with E-state index in [9.17, 15) is 4.79 Å². The van der Waals surface area contributed by atoms with Crippen LogP contribution in [0.15, 0.2) is 47.6 Å². The van der Waals surface area contributed by atoms with E-state index in [1.807, 2.05) is 44.2 Å². The minimum atomic E-state index is -0.00535. The number of amides is 1. The first kappa shape index (κ1) is 25.7. The summed E-state index contributed by atoms with van der Waals surface area (Å²) in [5, 5.41) is 6.31. The Morgan fingerprint density at radius 2 is 2.03 bits per heavy atom. The van der Waals surface area contributed by atoms with Crippen molar-refractivity contribution in [3.05, 3.63) is 59.4 Å². The maximum Gasteiger partial charge on any atom is 0.241 e. The molecule has 0 fully saturated rings. The molecule has 0 spiro atoms. The molecule has 0 bridgehead atoms. The van der Waals surface area contributed by atoms with Crippen LogP contribution in [-0.4, -0.2) is 55.5 Å². The van der Waals surface area contributed by atoms with Crippen LogP contribution in [0.3, 0.4) is 0 Å². The Bertz CT molecular complexity index is 814. The molecule has 1 heterocycles. The number of halogens is 1. The molecule has 2 rings (SSSR count). The number of hydrogen-bond acceptors (Lipinski definition) is 4. The Balaban J connectivity index is 0.00000450. The van der Waals surface area contributed by atoms with Crippen LogP contribution in [0, 0.1) is 6.92 Å². The van der Waals surface area contributed by atoms with E-state index in [2.05, 4.69) is 26.7 Å². The van der Waals surface area contributed by atoms with Gasteiger partial charge in [0.1, 0.15) is 5.75 Å². The lowest BCUT2D eigenvalue weighted by Gasteiger charge is -2.19. The number of pyridine rings is 1. The molecule has 2 N–H and O–H groups in total. The average Bonchev–Trinajstić information content (AvgIpc) is 2.74. The Morgan fingerprint density at radius 3 is 2.70 bits per heavy atom. The number of carbonyl (C=O) groups excluding carboxylic acids is 1. The quantitative estimate of drug-likeness (QED) is 0.299. The fourth-order valence-electron chi connectivity index (χ4n) is 2.74. The van der Waals surface area contributed by atoms with Crippen LogP contribution in [0.1, 0.15) is 23.7 Å². The van der Waals surface area contributed by atoms with Gasteiger partial charge in [0.05, 0.1) is 13.2 Å². The molecule has 7 nitrogen and oxygen atoms in total. The van der Waals surface area contributed by atoms with Gasteiger partial charge in [0.2, 0.25) is 5.91 Å². The molecule has 164 valence electrons. The Morgan fingerprint density at radius 1 is 1.23 bits per heavy atom. The van der Waals surface area contributed by atoms with Crippen LogP contribution in [0.25, 0.3) is 0 Å². The number of guanidine groups is 1. The minimum Gasteiger partial charge on any atom is -0.494 e. The molecule has 30 heavy (non-hydrogen) atoms. The molecule has 0 atom stereocenters. The first-order valence-electron chi connectivity index (χ1n) is 9.84. The van der Waals surface area contributed by atoms with Crippen molar-refractivity contribution in [3.63, 3.8) is 0 Å². The van der Waals surface area contributed by atoms with Crippen LogP contribution in [0.2, 0.25) is 0 Å². The molecule has 1 aromatic heterocycles. The van der Waals surface area contributed by atoms with E-state index in [1.165, 1.54) is 0 Å². The lowest BCUT2D eigenvalue weighted by Crippen LogP contribution is -2.43. The normalized spacial score (nSPS) is 10.7. The second-order valence-electron chi connectivity index (χ2n) is 6.71. The van der Waals surface area contributed by atoms with Gasteiger partial charge in [-0.3, -0.25) is 14.8 Å². The summed E-state index contributed by atoms with van der Waals surface area (Å²) in [5.74, 6) is 1.43. The first-order chi connectivity index (χ1) is 14.0. The molecule has 0 saturated carbocycles. The van der Waals surface area contributed by atoms with Crippen LogP contribution in [0.5, 0.6) is 5.75 Å². The highest BCUT2D eigenvalue weighted by atomic mass is 127. The first-order valence-corrected chi connectivity index (χ1v) is 9.84. The van der Waals surface area contributed by atoms with Gasteiger partial charge in [-0.2, -0.15) is 0 Å². The molecule has 1 amide bonds. The fraction of sp³-hybridized carbons (Fsp3) is 0.409. The predicted molar refractivity (Wildman–Crippen MR) is 132 cm³/mol. The third kappa shape index (κ3) is 8.56. The van der Waals surface area contributed by atoms with E-state index >= 15 is 0 Å². The maximum absolute atomic E-state index is 12.4. The van der Waals surface area contributed by atoms with Crippen LogP contribution >= 0.6 is 24.0 Å². The monoisotopic (exact) mass is 525 g/mol. The van der Waals surface area contributed by atoms with Gasteiger partial charge in [-0.05, 0) is 37.6 Å². The lowest BCUT2D eigenvalue weighted by molar-refractivity contribution is -0.128. The number of aromatic nitrogens is 1. The molecule has 2 aromatic rings. The third-order valence-electron chi connectivity index (χ3n) is 4.45. The standard InChI is InChI=1S/C22H31N5O2.HI/c1-5-29-20-14-17(2)9-10-18(20)15-25-22(23-3)26-16-21(28)27(4)13-11-19-8-6-7-12-24-19;/h6-10,12,14H,5,11,13,15-16H2,1-4H3,(H2,23,25,26);1H. The summed E-state index contributed by atoms with van der Waals surface area (Å²) in [6.45, 7) is 5.96. The summed E-state index contributed by atoms with van der Waals surface area (Å²) in [5.41, 5.74) is 3.17. The highest BCUT2D eigenvalue weighted by Crippen LogP contribution is 2.20. The number of benzene rings is 1. The number of aliphatic imine (C=N–C) groups is 1. The number of hydrogen-bond donors (Lipinski definition) is 2. The summed E-state index contributed by atoms with van der Waals surface area (Å²) in [6, 6.07) is 11.9. The Kier molecular flexibility index (Phi) is 11.8. The number of aryl methyl sites for hydroxylation is 1. The lowest BCUT2D eigenvalue weighted by atomic mass is 10.1. The van der Waals surface area contributed by atoms with Gasteiger partial charge in [-0.1, -0.05) is 18.2 Å². The molecule has 0 aliphatic rings. The van der Waals surface area contributed by atoms with E-state index in [-0.39, 0.29) is 36.4 Å². The highest BCUT2D eigenvalue weighted by Gasteiger charge is 2.11. The van der Waals surface area contributed by atoms with Gasteiger partial charge in [0.25, 0.3) is 0 Å². The molecule has 0 saturated heterocycles. The second kappa shape index (κ2) is 13.8. The van der Waals surface area contributed by atoms with Crippen molar-refractivity contribution in [2.24, 2.45) is 4.99 Å². The summed E-state index contributed by atoms with van der Waals surface area (Å²) >= 11 is 0. The molecular formula is C22H32IN5O2. The zero-order valence-electron chi connectivity index (χ0n) is 18.1. The van der Waals surface area contributed by atoms with Gasteiger partial charge in [-0.15, -0.1) is 24.0 Å². The molecule has 0 aliphatic heterocycles. The smallest absolute Gasteiger partial charge is 0.241 e. The average molecular weight is 525 g/mol. The number of carbonyl (C=O) groups is 1. The molecule has 0 unspecified atom stereocenters. The third-order valence-corrected chi connectivity index (χ3v) is 4.45. The Labute approximate surface area is 196 Å². The number of ether oxygens (including phenoxy) is 1. The van der Waals surface area contributed by atoms with E-state index < -0.39 is 0 Å². The summed E-state index contributed by atoms with van der Waals surface area (Å²) < 4.78 is 5.71. The van der Waals surface area contributed by atoms with Crippen LogP contribution in [0.4, 0.5) is 0 Å². The van der Waals surface area contributed by atoms with Crippen molar-refractivity contribution in [2.75, 3.05) is 33.8 Å². The van der Waals surface area contributed by atoms with Gasteiger partial charge in [0.15, 0.2) is 5.96 Å². The highest BCUT2D eigenvalue weighted by molar-refractivity contribution is 14.0. The minimum absolute atomic E-state index is 0.